The topological polar surface area (TPSA) is 93.1 Å². The predicted octanol–water partition coefficient (Wildman–Crippen LogP) is 10.8. The number of aliphatic hydroxyl groups excluding tert-OH is 2. The molecule has 2 aromatic rings. The van der Waals surface area contributed by atoms with Gasteiger partial charge in [-0.3, -0.25) is 0 Å². The fraction of sp³-hybridized carbons (Fsp3) is 0.617. The van der Waals surface area contributed by atoms with Gasteiger partial charge in [-0.25, -0.2) is 18.4 Å². The van der Waals surface area contributed by atoms with Gasteiger partial charge in [0.25, 0.3) is 0 Å². The zero-order valence-electron chi connectivity index (χ0n) is 34.8. The summed E-state index contributed by atoms with van der Waals surface area (Å²) in [5.74, 6) is -0.829. The molecule has 0 aromatic heterocycles. The van der Waals surface area contributed by atoms with Crippen molar-refractivity contribution in [1.82, 2.24) is 0 Å². The van der Waals surface area contributed by atoms with Crippen LogP contribution >= 0.6 is 0 Å². The summed E-state index contributed by atoms with van der Waals surface area (Å²) in [6.07, 6.45) is 15.8. The van der Waals surface area contributed by atoms with Crippen LogP contribution in [-0.4, -0.2) is 43.4 Å². The summed E-state index contributed by atoms with van der Waals surface area (Å²) in [7, 11) is -2.43. The van der Waals surface area contributed by atoms with Gasteiger partial charge in [0.1, 0.15) is 13.2 Å². The molecule has 2 aliphatic rings. The van der Waals surface area contributed by atoms with E-state index in [0.717, 1.165) is 55.2 Å². The molecule has 310 valence electrons. The lowest BCUT2D eigenvalue weighted by Gasteiger charge is -2.38. The van der Waals surface area contributed by atoms with Crippen LogP contribution in [0.2, 0.25) is 19.1 Å². The third kappa shape index (κ3) is 12.2. The highest BCUT2D eigenvalue weighted by atomic mass is 28.3. The molecule has 56 heavy (non-hydrogen) atoms. The molecule has 0 atom stereocenters. The summed E-state index contributed by atoms with van der Waals surface area (Å²) >= 11 is 0. The SMILES string of the molecule is C=C(C)C(=O)OCc1cc(-c2ccc(C3CCC(C4CCC(CCCCC)CC4)CC3)c(F)c2F)cc(COC(=O)C(=C)C)c1[Si](C)(C)CCCC(CO)CO. The molecule has 0 amide bonds. The zero-order chi connectivity index (χ0) is 41.0. The minimum absolute atomic E-state index is 0.0279. The van der Waals surface area contributed by atoms with Gasteiger partial charge in [-0.15, -0.1) is 0 Å². The maximum absolute atomic E-state index is 16.4. The van der Waals surface area contributed by atoms with Gasteiger partial charge in [-0.2, -0.15) is 0 Å². The second-order valence-corrected chi connectivity index (χ2v) is 22.4. The fourth-order valence-electron chi connectivity index (χ4n) is 9.39. The molecule has 9 heteroatoms. The van der Waals surface area contributed by atoms with Crippen LogP contribution in [0.3, 0.4) is 0 Å². The van der Waals surface area contributed by atoms with Crippen molar-refractivity contribution in [3.63, 3.8) is 0 Å². The number of unbranched alkanes of at least 4 members (excludes halogenated alkanes) is 2. The van der Waals surface area contributed by atoms with E-state index in [1.165, 1.54) is 51.4 Å². The molecule has 0 radical (unpaired) electrons. The molecular formula is C47H68F2O6Si. The van der Waals surface area contributed by atoms with Gasteiger partial charge in [-0.1, -0.05) is 96.3 Å². The van der Waals surface area contributed by atoms with Crippen molar-refractivity contribution in [2.75, 3.05) is 13.2 Å². The maximum atomic E-state index is 16.4. The lowest BCUT2D eigenvalue weighted by molar-refractivity contribution is -0.140. The van der Waals surface area contributed by atoms with Crippen molar-refractivity contribution < 1.29 is 38.1 Å². The number of aliphatic hydroxyl groups is 2. The summed E-state index contributed by atoms with van der Waals surface area (Å²) in [5.41, 5.74) is 2.66. The molecule has 2 saturated carbocycles. The van der Waals surface area contributed by atoms with Crippen LogP contribution < -0.4 is 5.19 Å². The highest BCUT2D eigenvalue weighted by Gasteiger charge is 2.34. The third-order valence-corrected chi connectivity index (χ3v) is 16.3. The number of hydrogen-bond donors (Lipinski definition) is 2. The van der Waals surface area contributed by atoms with Crippen LogP contribution in [0.4, 0.5) is 8.78 Å². The molecule has 4 rings (SSSR count). The molecule has 6 nitrogen and oxygen atoms in total. The van der Waals surface area contributed by atoms with Gasteiger partial charge in [0, 0.05) is 35.8 Å². The highest BCUT2D eigenvalue weighted by Crippen LogP contribution is 2.45. The van der Waals surface area contributed by atoms with Gasteiger partial charge < -0.3 is 19.7 Å². The molecular weight excluding hydrogens is 727 g/mol. The predicted molar refractivity (Wildman–Crippen MR) is 224 cm³/mol. The van der Waals surface area contributed by atoms with E-state index in [9.17, 15) is 19.8 Å². The van der Waals surface area contributed by atoms with Crippen molar-refractivity contribution in [3.05, 3.63) is 76.9 Å². The normalized spacial score (nSPS) is 20.2. The van der Waals surface area contributed by atoms with E-state index >= 15 is 8.78 Å². The van der Waals surface area contributed by atoms with E-state index in [1.807, 2.05) is 0 Å². The Balaban J connectivity index is 1.62. The Hall–Kier alpha value is -3.14. The van der Waals surface area contributed by atoms with E-state index < -0.39 is 31.6 Å². The first-order valence-electron chi connectivity index (χ1n) is 21.2. The summed E-state index contributed by atoms with van der Waals surface area (Å²) in [4.78, 5) is 25.3. The number of halogens is 2. The van der Waals surface area contributed by atoms with E-state index in [0.29, 0.717) is 34.6 Å². The molecule has 0 aliphatic heterocycles. The molecule has 2 fully saturated rings. The number of rotatable bonds is 20. The summed E-state index contributed by atoms with van der Waals surface area (Å²) in [5, 5.41) is 20.2. The lowest BCUT2D eigenvalue weighted by Crippen LogP contribution is -2.46. The molecule has 0 bridgehead atoms. The Kier molecular flexibility index (Phi) is 17.5. The second kappa shape index (κ2) is 21.6. The van der Waals surface area contributed by atoms with Gasteiger partial charge in [0.15, 0.2) is 11.6 Å². The highest BCUT2D eigenvalue weighted by molar-refractivity contribution is 6.90. The fourth-order valence-corrected chi connectivity index (χ4v) is 12.8. The maximum Gasteiger partial charge on any atom is 0.333 e. The minimum Gasteiger partial charge on any atom is -0.457 e. The van der Waals surface area contributed by atoms with Crippen molar-refractivity contribution in [3.8, 4) is 11.1 Å². The van der Waals surface area contributed by atoms with Crippen LogP contribution in [0.15, 0.2) is 48.6 Å². The second-order valence-electron chi connectivity index (χ2n) is 17.6. The van der Waals surface area contributed by atoms with Gasteiger partial charge in [0.2, 0.25) is 0 Å². The first kappa shape index (κ1) is 45.6. The zero-order valence-corrected chi connectivity index (χ0v) is 35.8. The Labute approximate surface area is 336 Å². The smallest absolute Gasteiger partial charge is 0.333 e. The monoisotopic (exact) mass is 794 g/mol. The molecule has 0 spiro atoms. The Morgan fingerprint density at radius 3 is 1.84 bits per heavy atom. The van der Waals surface area contributed by atoms with Crippen LogP contribution in [0.1, 0.15) is 133 Å². The Morgan fingerprint density at radius 2 is 1.34 bits per heavy atom. The first-order chi connectivity index (χ1) is 26.7. The number of hydrogen-bond acceptors (Lipinski definition) is 6. The number of benzene rings is 2. The van der Waals surface area contributed by atoms with E-state index in [1.54, 1.807) is 38.1 Å². The summed E-state index contributed by atoms with van der Waals surface area (Å²) in [6.45, 7) is 16.6. The molecule has 2 N–H and O–H groups in total. The first-order valence-corrected chi connectivity index (χ1v) is 24.4. The molecule has 2 aliphatic carbocycles. The minimum atomic E-state index is -2.43. The molecule has 0 heterocycles. The van der Waals surface area contributed by atoms with E-state index in [2.05, 4.69) is 33.2 Å². The van der Waals surface area contributed by atoms with Crippen molar-refractivity contribution in [1.29, 1.82) is 0 Å². The quantitative estimate of drug-likeness (QED) is 0.0600. The van der Waals surface area contributed by atoms with E-state index in [-0.39, 0.29) is 55.0 Å². The average molecular weight is 795 g/mol. The van der Waals surface area contributed by atoms with E-state index in [4.69, 9.17) is 9.47 Å². The Bertz CT molecular complexity index is 1600. The summed E-state index contributed by atoms with van der Waals surface area (Å²) < 4.78 is 43.9. The Morgan fingerprint density at radius 1 is 0.804 bits per heavy atom. The van der Waals surface area contributed by atoms with Gasteiger partial charge in [-0.05, 0) is 122 Å². The van der Waals surface area contributed by atoms with Crippen LogP contribution in [0.25, 0.3) is 11.1 Å². The number of esters is 2. The standard InChI is InChI=1S/C47H68F2O6Si/c1-8-9-10-12-33-14-16-35(17-15-33)36-18-20-37(21-19-36)41-22-23-42(44(49)43(41)48)38-25-39(29-54-46(52)31(2)3)45(40(26-38)30-55-47(53)32(4)5)56(6,7)24-11-13-34(27-50)28-51/h22-23,25-26,33-37,50-51H,2,4,8-21,24,27-30H2,1,3,5-7H3. The molecule has 0 saturated heterocycles. The largest absolute Gasteiger partial charge is 0.457 e. The molecule has 2 aromatic carbocycles. The van der Waals surface area contributed by atoms with Crippen LogP contribution in [0.5, 0.6) is 0 Å². The van der Waals surface area contributed by atoms with Crippen molar-refractivity contribution >= 4 is 25.2 Å². The number of ether oxygens (including phenoxy) is 2. The number of carbonyl (C=O) groups is 2. The van der Waals surface area contributed by atoms with Gasteiger partial charge >= 0.3 is 11.9 Å². The average Bonchev–Trinajstić information content (AvgIpc) is 3.18. The van der Waals surface area contributed by atoms with Crippen molar-refractivity contribution in [2.45, 2.75) is 149 Å². The van der Waals surface area contributed by atoms with Crippen LogP contribution in [0, 0.1) is 35.3 Å². The van der Waals surface area contributed by atoms with Crippen molar-refractivity contribution in [2.24, 2.45) is 23.7 Å². The molecule has 0 unspecified atom stereocenters. The third-order valence-electron chi connectivity index (χ3n) is 12.7. The summed E-state index contributed by atoms with van der Waals surface area (Å²) in [6, 6.07) is 7.70. The van der Waals surface area contributed by atoms with Gasteiger partial charge in [0.05, 0.1) is 8.07 Å². The lowest BCUT2D eigenvalue weighted by atomic mass is 9.68. The number of carbonyl (C=O) groups excluding carboxylic acids is 2. The van der Waals surface area contributed by atoms with Crippen LogP contribution in [-0.2, 0) is 32.3 Å².